The van der Waals surface area contributed by atoms with E-state index in [9.17, 15) is 18.8 Å². The highest BCUT2D eigenvalue weighted by atomic mass is 19.1. The third kappa shape index (κ3) is 7.51. The zero-order chi connectivity index (χ0) is 29.5. The summed E-state index contributed by atoms with van der Waals surface area (Å²) in [6.45, 7) is 7.92. The molecule has 3 amide bonds. The van der Waals surface area contributed by atoms with Crippen LogP contribution < -0.4 is 10.6 Å². The van der Waals surface area contributed by atoms with E-state index in [1.54, 1.807) is 42.8 Å². The van der Waals surface area contributed by atoms with Gasteiger partial charge in [0.1, 0.15) is 23.4 Å². The number of carbonyl (C=O) groups is 3. The van der Waals surface area contributed by atoms with Crippen LogP contribution in [-0.4, -0.2) is 94.6 Å². The number of nitrogens with one attached hydrogen (secondary N) is 2. The van der Waals surface area contributed by atoms with E-state index < -0.39 is 18.2 Å². The molecule has 1 aromatic heterocycles. The summed E-state index contributed by atoms with van der Waals surface area (Å²) in [6, 6.07) is 4.75. The van der Waals surface area contributed by atoms with Crippen molar-refractivity contribution in [3.05, 3.63) is 53.4 Å². The molecule has 11 heteroatoms. The number of amides is 3. The van der Waals surface area contributed by atoms with Crippen LogP contribution in [0, 0.1) is 5.82 Å². The molecule has 4 atom stereocenters. The molecule has 2 aliphatic heterocycles. The minimum absolute atomic E-state index is 0.177. The monoisotopic (exact) mass is 570 g/mol. The third-order valence-electron chi connectivity index (χ3n) is 8.13. The lowest BCUT2D eigenvalue weighted by Crippen LogP contribution is -2.58. The SMILES string of the molecule is CCOC(C)C(NC(=O)C(C)NC)C(=O)N1CCCC1CN(CCc1ccc(F)cc1)C(=O)c1cn2c(n1)CCC2. The molecule has 1 saturated heterocycles. The Balaban J connectivity index is 1.53. The highest BCUT2D eigenvalue weighted by molar-refractivity contribution is 5.93. The molecule has 2 N–H and O–H groups in total. The van der Waals surface area contributed by atoms with Crippen LogP contribution in [0.1, 0.15) is 61.9 Å². The number of carbonyl (C=O) groups excluding carboxylic acids is 3. The van der Waals surface area contributed by atoms with E-state index in [0.29, 0.717) is 38.4 Å². The lowest BCUT2D eigenvalue weighted by Gasteiger charge is -2.34. The van der Waals surface area contributed by atoms with Gasteiger partial charge in [-0.05, 0) is 71.2 Å². The first kappa shape index (κ1) is 30.6. The first-order chi connectivity index (χ1) is 19.7. The van der Waals surface area contributed by atoms with Crippen LogP contribution in [0.25, 0.3) is 0 Å². The number of fused-ring (bicyclic) bond motifs is 1. The van der Waals surface area contributed by atoms with E-state index in [2.05, 4.69) is 15.6 Å². The fraction of sp³-hybridized carbons (Fsp3) is 0.600. The number of aromatic nitrogens is 2. The average molecular weight is 571 g/mol. The summed E-state index contributed by atoms with van der Waals surface area (Å²) >= 11 is 0. The first-order valence-corrected chi connectivity index (χ1v) is 14.7. The summed E-state index contributed by atoms with van der Waals surface area (Å²) in [7, 11) is 1.69. The van der Waals surface area contributed by atoms with Gasteiger partial charge in [0.25, 0.3) is 5.91 Å². The summed E-state index contributed by atoms with van der Waals surface area (Å²) in [5, 5.41) is 5.79. The summed E-state index contributed by atoms with van der Waals surface area (Å²) in [5.41, 5.74) is 1.33. The molecular weight excluding hydrogens is 527 g/mol. The molecule has 3 heterocycles. The molecule has 224 valence electrons. The van der Waals surface area contributed by atoms with E-state index in [-0.39, 0.29) is 29.6 Å². The van der Waals surface area contributed by atoms with Gasteiger partial charge in [0.15, 0.2) is 0 Å². The van der Waals surface area contributed by atoms with E-state index in [1.165, 1.54) is 12.1 Å². The molecule has 1 fully saturated rings. The number of likely N-dealkylation sites (N-methyl/N-ethyl adjacent to an activating group) is 1. The molecule has 0 radical (unpaired) electrons. The second kappa shape index (κ2) is 14.0. The number of halogens is 1. The predicted molar refractivity (Wildman–Crippen MR) is 153 cm³/mol. The van der Waals surface area contributed by atoms with Crippen LogP contribution in [0.4, 0.5) is 4.39 Å². The van der Waals surface area contributed by atoms with Crippen LogP contribution in [-0.2, 0) is 33.7 Å². The van der Waals surface area contributed by atoms with Crippen LogP contribution in [0.15, 0.2) is 30.5 Å². The van der Waals surface area contributed by atoms with Crippen molar-refractivity contribution < 1.29 is 23.5 Å². The van der Waals surface area contributed by atoms with Crippen LogP contribution in [0.2, 0.25) is 0 Å². The first-order valence-electron chi connectivity index (χ1n) is 14.7. The normalized spacial score (nSPS) is 18.6. The van der Waals surface area contributed by atoms with Crippen molar-refractivity contribution in [1.82, 2.24) is 30.0 Å². The largest absolute Gasteiger partial charge is 0.376 e. The molecule has 0 saturated carbocycles. The molecular formula is C30H43FN6O4. The van der Waals surface area contributed by atoms with E-state index in [1.807, 2.05) is 17.7 Å². The maximum absolute atomic E-state index is 13.9. The molecule has 4 rings (SSSR count). The summed E-state index contributed by atoms with van der Waals surface area (Å²) < 4.78 is 21.3. The minimum Gasteiger partial charge on any atom is -0.376 e. The van der Waals surface area contributed by atoms with Crippen molar-refractivity contribution in [1.29, 1.82) is 0 Å². The van der Waals surface area contributed by atoms with Gasteiger partial charge in [-0.2, -0.15) is 0 Å². The van der Waals surface area contributed by atoms with Crippen molar-refractivity contribution in [2.45, 2.75) is 83.6 Å². The van der Waals surface area contributed by atoms with Gasteiger partial charge in [-0.15, -0.1) is 0 Å². The third-order valence-corrected chi connectivity index (χ3v) is 8.13. The van der Waals surface area contributed by atoms with Gasteiger partial charge >= 0.3 is 0 Å². The molecule has 0 aliphatic carbocycles. The molecule has 0 bridgehead atoms. The Labute approximate surface area is 241 Å². The van der Waals surface area contributed by atoms with Crippen LogP contribution in [0.5, 0.6) is 0 Å². The van der Waals surface area contributed by atoms with Gasteiger partial charge in [-0.1, -0.05) is 12.1 Å². The number of likely N-dealkylation sites (tertiary alicyclic amines) is 1. The van der Waals surface area contributed by atoms with Gasteiger partial charge in [0, 0.05) is 51.4 Å². The topological polar surface area (TPSA) is 109 Å². The van der Waals surface area contributed by atoms with E-state index in [0.717, 1.165) is 43.6 Å². The highest BCUT2D eigenvalue weighted by Gasteiger charge is 2.38. The van der Waals surface area contributed by atoms with Crippen molar-refractivity contribution in [2.75, 3.05) is 33.3 Å². The van der Waals surface area contributed by atoms with Crippen LogP contribution >= 0.6 is 0 Å². The second-order valence-corrected chi connectivity index (χ2v) is 11.0. The maximum atomic E-state index is 13.9. The van der Waals surface area contributed by atoms with E-state index in [4.69, 9.17) is 4.74 Å². The fourth-order valence-electron chi connectivity index (χ4n) is 5.61. The van der Waals surface area contributed by atoms with Crippen molar-refractivity contribution in [3.63, 3.8) is 0 Å². The van der Waals surface area contributed by atoms with Gasteiger partial charge < -0.3 is 29.7 Å². The van der Waals surface area contributed by atoms with Gasteiger partial charge in [-0.25, -0.2) is 9.37 Å². The number of rotatable bonds is 13. The van der Waals surface area contributed by atoms with Crippen molar-refractivity contribution >= 4 is 17.7 Å². The van der Waals surface area contributed by atoms with Crippen molar-refractivity contribution in [3.8, 4) is 0 Å². The number of nitrogens with zero attached hydrogens (tertiary/aromatic N) is 4. The molecule has 2 aliphatic rings. The van der Waals surface area contributed by atoms with Gasteiger partial charge in [0.2, 0.25) is 11.8 Å². The quantitative estimate of drug-likeness (QED) is 0.382. The smallest absolute Gasteiger partial charge is 0.274 e. The number of ether oxygens (including phenoxy) is 1. The Morgan fingerprint density at radius 1 is 1.17 bits per heavy atom. The van der Waals surface area contributed by atoms with Gasteiger partial charge in [0.05, 0.1) is 12.1 Å². The highest BCUT2D eigenvalue weighted by Crippen LogP contribution is 2.23. The second-order valence-electron chi connectivity index (χ2n) is 11.0. The molecule has 1 aromatic carbocycles. The lowest BCUT2D eigenvalue weighted by atomic mass is 10.1. The summed E-state index contributed by atoms with van der Waals surface area (Å²) in [5.74, 6) is -0.0528. The van der Waals surface area contributed by atoms with E-state index >= 15 is 0 Å². The maximum Gasteiger partial charge on any atom is 0.274 e. The molecule has 10 nitrogen and oxygen atoms in total. The minimum atomic E-state index is -0.849. The van der Waals surface area contributed by atoms with Crippen molar-refractivity contribution in [2.24, 2.45) is 0 Å². The molecule has 41 heavy (non-hydrogen) atoms. The molecule has 0 spiro atoms. The molecule has 4 unspecified atom stereocenters. The zero-order valence-electron chi connectivity index (χ0n) is 24.6. The Kier molecular flexibility index (Phi) is 10.5. The Hall–Kier alpha value is -3.31. The zero-order valence-corrected chi connectivity index (χ0v) is 24.6. The number of hydrogen-bond donors (Lipinski definition) is 2. The number of benzene rings is 1. The Morgan fingerprint density at radius 2 is 1.93 bits per heavy atom. The predicted octanol–water partition coefficient (Wildman–Crippen LogP) is 2.16. The standard InChI is InChI=1S/C30H43FN6O4/c1-5-41-21(3)27(34-28(38)20(2)32-4)30(40)37-16-6-8-24(37)18-36(17-14-22-10-12-23(31)13-11-22)29(39)25-19-35-15-7-9-26(35)33-25/h10-13,19-21,24,27,32H,5-9,14-18H2,1-4H3,(H,34,38). The Bertz CT molecular complexity index is 1180. The number of imidazole rings is 1. The number of hydrogen-bond acceptors (Lipinski definition) is 6. The summed E-state index contributed by atoms with van der Waals surface area (Å²) in [4.78, 5) is 48.6. The molecule has 2 aromatic rings. The lowest BCUT2D eigenvalue weighted by molar-refractivity contribution is -0.141. The summed E-state index contributed by atoms with van der Waals surface area (Å²) in [6.07, 6.45) is 5.26. The average Bonchev–Trinajstić information content (AvgIpc) is 3.70. The van der Waals surface area contributed by atoms with Crippen LogP contribution in [0.3, 0.4) is 0 Å². The Morgan fingerprint density at radius 3 is 2.61 bits per heavy atom. The van der Waals surface area contributed by atoms with Gasteiger partial charge in [-0.3, -0.25) is 14.4 Å². The fourth-order valence-corrected chi connectivity index (χ4v) is 5.61. The number of aryl methyl sites for hydroxylation is 2.